The maximum Gasteiger partial charge on any atom is 0.0481 e. The normalized spacial score (nSPS) is 12.5. The fraction of sp³-hybridized carbons (Fsp3) is 0.455. The molecule has 0 aliphatic rings. The molecule has 0 saturated heterocycles. The number of hydrogen-bond acceptors (Lipinski definition) is 2. The van der Waals surface area contributed by atoms with E-state index in [1.54, 1.807) is 7.11 Å². The van der Waals surface area contributed by atoms with E-state index in [2.05, 4.69) is 24.4 Å². The van der Waals surface area contributed by atoms with Crippen LogP contribution in [0.1, 0.15) is 13.3 Å². The lowest BCUT2D eigenvalue weighted by molar-refractivity contribution is 0.191. The standard InChI is InChI=1S/C11H17NO/c1-10(8-9-13-2)12-11-6-4-3-5-7-11/h3-7,10,12H,8-9H2,1-2H3. The molecule has 72 valence electrons. The van der Waals surface area contributed by atoms with Crippen molar-refractivity contribution in [2.24, 2.45) is 0 Å². The lowest BCUT2D eigenvalue weighted by atomic mass is 10.2. The van der Waals surface area contributed by atoms with Gasteiger partial charge in [0, 0.05) is 25.4 Å². The van der Waals surface area contributed by atoms with E-state index in [0.717, 1.165) is 13.0 Å². The maximum absolute atomic E-state index is 5.01. The Hall–Kier alpha value is -1.02. The molecule has 0 aliphatic carbocycles. The fourth-order valence-electron chi connectivity index (χ4n) is 1.19. The predicted molar refractivity (Wildman–Crippen MR) is 56.0 cm³/mol. The number of benzene rings is 1. The van der Waals surface area contributed by atoms with Crippen molar-refractivity contribution in [1.29, 1.82) is 0 Å². The lowest BCUT2D eigenvalue weighted by Crippen LogP contribution is -2.16. The van der Waals surface area contributed by atoms with Gasteiger partial charge in [-0.2, -0.15) is 0 Å². The molecule has 2 heteroatoms. The smallest absolute Gasteiger partial charge is 0.0481 e. The van der Waals surface area contributed by atoms with Crippen LogP contribution >= 0.6 is 0 Å². The van der Waals surface area contributed by atoms with Gasteiger partial charge in [-0.3, -0.25) is 0 Å². The Bertz CT molecular complexity index is 223. The first-order valence-corrected chi connectivity index (χ1v) is 4.63. The van der Waals surface area contributed by atoms with Crippen LogP contribution in [0.2, 0.25) is 0 Å². The molecule has 0 fully saturated rings. The van der Waals surface area contributed by atoms with E-state index in [4.69, 9.17) is 4.74 Å². The summed E-state index contributed by atoms with van der Waals surface area (Å²) in [6, 6.07) is 10.7. The van der Waals surface area contributed by atoms with Crippen LogP contribution < -0.4 is 5.32 Å². The van der Waals surface area contributed by atoms with Crippen molar-refractivity contribution in [3.8, 4) is 0 Å². The van der Waals surface area contributed by atoms with Crippen molar-refractivity contribution < 1.29 is 4.74 Å². The molecule has 1 aromatic rings. The van der Waals surface area contributed by atoms with E-state index >= 15 is 0 Å². The third kappa shape index (κ3) is 3.95. The van der Waals surface area contributed by atoms with Gasteiger partial charge in [0.05, 0.1) is 0 Å². The molecule has 0 spiro atoms. The maximum atomic E-state index is 5.01. The van der Waals surface area contributed by atoms with Crippen LogP contribution in [-0.2, 0) is 4.74 Å². The number of nitrogens with one attached hydrogen (secondary N) is 1. The first-order chi connectivity index (χ1) is 6.33. The Morgan fingerprint density at radius 2 is 2.00 bits per heavy atom. The van der Waals surface area contributed by atoms with E-state index < -0.39 is 0 Å². The molecular formula is C11H17NO. The van der Waals surface area contributed by atoms with Crippen LogP contribution in [0.15, 0.2) is 30.3 Å². The second-order valence-corrected chi connectivity index (χ2v) is 3.19. The van der Waals surface area contributed by atoms with E-state index in [1.807, 2.05) is 18.2 Å². The largest absolute Gasteiger partial charge is 0.385 e. The quantitative estimate of drug-likeness (QED) is 0.750. The van der Waals surface area contributed by atoms with E-state index in [0.29, 0.717) is 6.04 Å². The summed E-state index contributed by atoms with van der Waals surface area (Å²) in [4.78, 5) is 0. The zero-order valence-electron chi connectivity index (χ0n) is 8.29. The molecule has 13 heavy (non-hydrogen) atoms. The van der Waals surface area contributed by atoms with Gasteiger partial charge >= 0.3 is 0 Å². The summed E-state index contributed by atoms with van der Waals surface area (Å²) in [5.41, 5.74) is 1.17. The molecule has 1 aromatic carbocycles. The van der Waals surface area contributed by atoms with Crippen LogP contribution in [0.4, 0.5) is 5.69 Å². The van der Waals surface area contributed by atoms with Crippen LogP contribution in [0.25, 0.3) is 0 Å². The van der Waals surface area contributed by atoms with Gasteiger partial charge in [0.15, 0.2) is 0 Å². The molecular weight excluding hydrogens is 162 g/mol. The number of anilines is 1. The minimum atomic E-state index is 0.461. The van der Waals surface area contributed by atoms with Gasteiger partial charge in [-0.25, -0.2) is 0 Å². The molecule has 0 heterocycles. The van der Waals surface area contributed by atoms with Crippen LogP contribution in [0, 0.1) is 0 Å². The molecule has 1 unspecified atom stereocenters. The van der Waals surface area contributed by atoms with Crippen LogP contribution in [-0.4, -0.2) is 19.8 Å². The molecule has 1 rings (SSSR count). The number of hydrogen-bond donors (Lipinski definition) is 1. The van der Waals surface area contributed by atoms with E-state index in [9.17, 15) is 0 Å². The molecule has 2 nitrogen and oxygen atoms in total. The van der Waals surface area contributed by atoms with Gasteiger partial charge in [-0.15, -0.1) is 0 Å². The minimum Gasteiger partial charge on any atom is -0.385 e. The summed E-state index contributed by atoms with van der Waals surface area (Å²) < 4.78 is 5.01. The Morgan fingerprint density at radius 1 is 1.31 bits per heavy atom. The summed E-state index contributed by atoms with van der Waals surface area (Å²) in [5, 5.41) is 3.40. The molecule has 1 atom stereocenters. The average Bonchev–Trinajstić information content (AvgIpc) is 2.16. The first kappa shape index (κ1) is 10.1. The van der Waals surface area contributed by atoms with Gasteiger partial charge in [0.2, 0.25) is 0 Å². The number of methoxy groups -OCH3 is 1. The highest BCUT2D eigenvalue weighted by Crippen LogP contribution is 2.08. The third-order valence-electron chi connectivity index (χ3n) is 1.94. The Balaban J connectivity index is 2.32. The fourth-order valence-corrected chi connectivity index (χ4v) is 1.19. The SMILES string of the molecule is COCCC(C)Nc1ccccc1. The Kier molecular flexibility index (Phi) is 4.33. The van der Waals surface area contributed by atoms with E-state index in [1.165, 1.54) is 5.69 Å². The van der Waals surface area contributed by atoms with Crippen LogP contribution in [0.5, 0.6) is 0 Å². The molecule has 0 aliphatic heterocycles. The first-order valence-electron chi connectivity index (χ1n) is 4.63. The van der Waals surface area contributed by atoms with Crippen LogP contribution in [0.3, 0.4) is 0 Å². The van der Waals surface area contributed by atoms with Gasteiger partial charge in [-0.05, 0) is 25.5 Å². The van der Waals surface area contributed by atoms with Gasteiger partial charge < -0.3 is 10.1 Å². The topological polar surface area (TPSA) is 21.3 Å². The number of ether oxygens (including phenoxy) is 1. The van der Waals surface area contributed by atoms with Crippen molar-refractivity contribution in [2.75, 3.05) is 19.0 Å². The zero-order valence-corrected chi connectivity index (χ0v) is 8.29. The molecule has 0 saturated carbocycles. The summed E-state index contributed by atoms with van der Waals surface area (Å²) in [5.74, 6) is 0. The van der Waals surface area contributed by atoms with Gasteiger partial charge in [0.25, 0.3) is 0 Å². The van der Waals surface area contributed by atoms with Gasteiger partial charge in [0.1, 0.15) is 0 Å². The summed E-state index contributed by atoms with van der Waals surface area (Å²) in [6.07, 6.45) is 1.03. The zero-order chi connectivity index (χ0) is 9.52. The Morgan fingerprint density at radius 3 is 2.62 bits per heavy atom. The highest BCUT2D eigenvalue weighted by Gasteiger charge is 1.99. The molecule has 0 aromatic heterocycles. The van der Waals surface area contributed by atoms with Crippen molar-refractivity contribution in [3.05, 3.63) is 30.3 Å². The summed E-state index contributed by atoms with van der Waals surface area (Å²) in [6.45, 7) is 2.97. The monoisotopic (exact) mass is 179 g/mol. The molecule has 1 N–H and O–H groups in total. The second-order valence-electron chi connectivity index (χ2n) is 3.19. The molecule has 0 radical (unpaired) electrons. The third-order valence-corrected chi connectivity index (χ3v) is 1.94. The summed E-state index contributed by atoms with van der Waals surface area (Å²) in [7, 11) is 1.73. The summed E-state index contributed by atoms with van der Waals surface area (Å²) >= 11 is 0. The predicted octanol–water partition coefficient (Wildman–Crippen LogP) is 2.52. The highest BCUT2D eigenvalue weighted by molar-refractivity contribution is 5.43. The second kappa shape index (κ2) is 5.60. The molecule has 0 amide bonds. The van der Waals surface area contributed by atoms with Crippen molar-refractivity contribution >= 4 is 5.69 Å². The Labute approximate surface area is 79.9 Å². The van der Waals surface area contributed by atoms with E-state index in [-0.39, 0.29) is 0 Å². The van der Waals surface area contributed by atoms with Gasteiger partial charge in [-0.1, -0.05) is 18.2 Å². The highest BCUT2D eigenvalue weighted by atomic mass is 16.5. The minimum absolute atomic E-state index is 0.461. The van der Waals surface area contributed by atoms with Crippen molar-refractivity contribution in [2.45, 2.75) is 19.4 Å². The van der Waals surface area contributed by atoms with Crippen molar-refractivity contribution in [3.63, 3.8) is 0 Å². The lowest BCUT2D eigenvalue weighted by Gasteiger charge is -2.14. The van der Waals surface area contributed by atoms with Crippen molar-refractivity contribution in [1.82, 2.24) is 0 Å². The average molecular weight is 179 g/mol. The number of rotatable bonds is 5. The number of para-hydroxylation sites is 1. The molecule has 0 bridgehead atoms.